The van der Waals surface area contributed by atoms with Gasteiger partial charge in [-0.1, -0.05) is 12.8 Å². The van der Waals surface area contributed by atoms with Gasteiger partial charge in [0, 0.05) is 25.7 Å². The molecule has 0 unspecified atom stereocenters. The Balaban J connectivity index is 1.64. The Morgan fingerprint density at radius 2 is 1.83 bits per heavy atom. The molecule has 1 N–H and O–H groups in total. The summed E-state index contributed by atoms with van der Waals surface area (Å²) in [5.74, 6) is 0. The fourth-order valence-electron chi connectivity index (χ4n) is 4.15. The van der Waals surface area contributed by atoms with E-state index >= 15 is 0 Å². The van der Waals surface area contributed by atoms with E-state index in [2.05, 4.69) is 10.2 Å². The largest absolute Gasteiger partial charge is 0.377 e. The van der Waals surface area contributed by atoms with Crippen LogP contribution in [0.2, 0.25) is 0 Å². The van der Waals surface area contributed by atoms with Crippen molar-refractivity contribution >= 4 is 0 Å². The monoisotopic (exact) mass is 252 g/mol. The van der Waals surface area contributed by atoms with Gasteiger partial charge in [-0.05, 0) is 51.6 Å². The van der Waals surface area contributed by atoms with E-state index < -0.39 is 0 Å². The zero-order valence-corrected chi connectivity index (χ0v) is 11.8. The normalized spacial score (nSPS) is 31.2. The second-order valence-corrected chi connectivity index (χ2v) is 6.72. The van der Waals surface area contributed by atoms with E-state index in [0.717, 1.165) is 6.54 Å². The van der Waals surface area contributed by atoms with E-state index in [1.165, 1.54) is 71.0 Å². The third-order valence-electron chi connectivity index (χ3n) is 5.45. The van der Waals surface area contributed by atoms with Gasteiger partial charge in [0.15, 0.2) is 0 Å². The first-order valence-electron chi connectivity index (χ1n) is 7.79. The lowest BCUT2D eigenvalue weighted by molar-refractivity contribution is -0.0929. The molecule has 18 heavy (non-hydrogen) atoms. The molecular formula is C15H28N2O. The van der Waals surface area contributed by atoms with Gasteiger partial charge in [0.05, 0.1) is 5.60 Å². The molecule has 3 heteroatoms. The minimum atomic E-state index is 0.199. The van der Waals surface area contributed by atoms with Crippen molar-refractivity contribution in [3.05, 3.63) is 0 Å². The summed E-state index contributed by atoms with van der Waals surface area (Å²) in [7, 11) is 1.90. The maximum absolute atomic E-state index is 5.81. The molecule has 0 aromatic rings. The summed E-state index contributed by atoms with van der Waals surface area (Å²) in [5, 5.41) is 3.84. The molecule has 0 bridgehead atoms. The number of methoxy groups -OCH3 is 1. The fraction of sp³-hybridized carbons (Fsp3) is 1.00. The van der Waals surface area contributed by atoms with Crippen LogP contribution in [0.3, 0.4) is 0 Å². The molecule has 0 aromatic heterocycles. The van der Waals surface area contributed by atoms with Crippen molar-refractivity contribution in [2.75, 3.05) is 33.3 Å². The molecule has 1 aliphatic heterocycles. The van der Waals surface area contributed by atoms with Crippen molar-refractivity contribution < 1.29 is 4.74 Å². The Labute approximate surface area is 111 Å². The summed E-state index contributed by atoms with van der Waals surface area (Å²) in [4.78, 5) is 2.69. The SMILES string of the molecule is COC1(CN2CCCNC3(CCCC3)C2)CCC1. The topological polar surface area (TPSA) is 24.5 Å². The molecule has 3 nitrogen and oxygen atoms in total. The minimum Gasteiger partial charge on any atom is -0.377 e. The van der Waals surface area contributed by atoms with Crippen LogP contribution in [-0.4, -0.2) is 49.3 Å². The van der Waals surface area contributed by atoms with Crippen LogP contribution < -0.4 is 5.32 Å². The van der Waals surface area contributed by atoms with Gasteiger partial charge in [0.2, 0.25) is 0 Å². The van der Waals surface area contributed by atoms with Gasteiger partial charge in [-0.15, -0.1) is 0 Å². The number of nitrogens with zero attached hydrogens (tertiary/aromatic N) is 1. The summed E-state index contributed by atoms with van der Waals surface area (Å²) in [5.41, 5.74) is 0.638. The van der Waals surface area contributed by atoms with Crippen LogP contribution in [0.25, 0.3) is 0 Å². The Morgan fingerprint density at radius 3 is 2.44 bits per heavy atom. The van der Waals surface area contributed by atoms with Crippen LogP contribution >= 0.6 is 0 Å². The van der Waals surface area contributed by atoms with E-state index in [0.29, 0.717) is 5.54 Å². The van der Waals surface area contributed by atoms with Gasteiger partial charge in [-0.2, -0.15) is 0 Å². The minimum absolute atomic E-state index is 0.199. The number of nitrogens with one attached hydrogen (secondary N) is 1. The quantitative estimate of drug-likeness (QED) is 0.833. The average molecular weight is 252 g/mol. The van der Waals surface area contributed by atoms with Crippen LogP contribution in [-0.2, 0) is 4.74 Å². The van der Waals surface area contributed by atoms with Crippen molar-refractivity contribution in [2.45, 2.75) is 62.5 Å². The molecule has 3 fully saturated rings. The highest BCUT2D eigenvalue weighted by Gasteiger charge is 2.42. The van der Waals surface area contributed by atoms with Crippen LogP contribution in [0.1, 0.15) is 51.4 Å². The number of rotatable bonds is 3. The van der Waals surface area contributed by atoms with E-state index in [9.17, 15) is 0 Å². The molecule has 3 aliphatic rings. The first-order valence-corrected chi connectivity index (χ1v) is 7.79. The predicted octanol–water partition coefficient (Wildman–Crippen LogP) is 2.16. The lowest BCUT2D eigenvalue weighted by Gasteiger charge is -2.45. The van der Waals surface area contributed by atoms with Gasteiger partial charge >= 0.3 is 0 Å². The van der Waals surface area contributed by atoms with Gasteiger partial charge in [-0.3, -0.25) is 4.90 Å². The molecule has 1 heterocycles. The van der Waals surface area contributed by atoms with Crippen molar-refractivity contribution in [3.8, 4) is 0 Å². The third kappa shape index (κ3) is 2.45. The summed E-state index contributed by atoms with van der Waals surface area (Å²) >= 11 is 0. The number of hydrogen-bond donors (Lipinski definition) is 1. The van der Waals surface area contributed by atoms with E-state index in [-0.39, 0.29) is 5.60 Å². The van der Waals surface area contributed by atoms with Crippen LogP contribution in [0, 0.1) is 0 Å². The molecule has 0 aromatic carbocycles. The van der Waals surface area contributed by atoms with Crippen LogP contribution in [0.4, 0.5) is 0 Å². The highest BCUT2D eigenvalue weighted by molar-refractivity contribution is 4.99. The molecule has 2 aliphatic carbocycles. The smallest absolute Gasteiger partial charge is 0.0805 e. The highest BCUT2D eigenvalue weighted by atomic mass is 16.5. The van der Waals surface area contributed by atoms with Crippen molar-refractivity contribution in [2.24, 2.45) is 0 Å². The molecule has 1 saturated heterocycles. The van der Waals surface area contributed by atoms with Gasteiger partial charge < -0.3 is 10.1 Å². The zero-order chi connectivity index (χ0) is 12.5. The molecule has 0 atom stereocenters. The zero-order valence-electron chi connectivity index (χ0n) is 11.8. The predicted molar refractivity (Wildman–Crippen MR) is 73.8 cm³/mol. The molecule has 2 saturated carbocycles. The molecule has 3 rings (SSSR count). The molecular weight excluding hydrogens is 224 g/mol. The Bertz CT molecular complexity index is 277. The maximum atomic E-state index is 5.81. The van der Waals surface area contributed by atoms with Gasteiger partial charge in [0.1, 0.15) is 0 Å². The van der Waals surface area contributed by atoms with Gasteiger partial charge in [-0.25, -0.2) is 0 Å². The van der Waals surface area contributed by atoms with Gasteiger partial charge in [0.25, 0.3) is 0 Å². The Hall–Kier alpha value is -0.120. The van der Waals surface area contributed by atoms with E-state index in [1.54, 1.807) is 0 Å². The van der Waals surface area contributed by atoms with E-state index in [1.807, 2.05) is 7.11 Å². The molecule has 0 radical (unpaired) electrons. The summed E-state index contributed by atoms with van der Waals surface area (Å²) in [6.07, 6.45) is 10.8. The molecule has 0 amide bonds. The van der Waals surface area contributed by atoms with Crippen molar-refractivity contribution in [1.82, 2.24) is 10.2 Å². The van der Waals surface area contributed by atoms with Crippen molar-refractivity contribution in [3.63, 3.8) is 0 Å². The second-order valence-electron chi connectivity index (χ2n) is 6.72. The highest BCUT2D eigenvalue weighted by Crippen LogP contribution is 2.37. The molecule has 104 valence electrons. The lowest BCUT2D eigenvalue weighted by Crippen LogP contribution is -2.54. The third-order valence-corrected chi connectivity index (χ3v) is 5.45. The Morgan fingerprint density at radius 1 is 1.06 bits per heavy atom. The van der Waals surface area contributed by atoms with E-state index in [4.69, 9.17) is 4.74 Å². The maximum Gasteiger partial charge on any atom is 0.0805 e. The van der Waals surface area contributed by atoms with Crippen LogP contribution in [0.5, 0.6) is 0 Å². The molecule has 1 spiro atoms. The summed E-state index contributed by atoms with van der Waals surface area (Å²) in [6.45, 7) is 4.86. The second kappa shape index (κ2) is 5.10. The number of hydrogen-bond acceptors (Lipinski definition) is 3. The first-order chi connectivity index (χ1) is 8.76. The van der Waals surface area contributed by atoms with Crippen LogP contribution in [0.15, 0.2) is 0 Å². The average Bonchev–Trinajstić information content (AvgIpc) is 2.67. The summed E-state index contributed by atoms with van der Waals surface area (Å²) in [6, 6.07) is 0. The Kier molecular flexibility index (Phi) is 3.65. The lowest BCUT2D eigenvalue weighted by atomic mass is 9.79. The first kappa shape index (κ1) is 12.9. The summed E-state index contributed by atoms with van der Waals surface area (Å²) < 4.78 is 5.81. The number of ether oxygens (including phenoxy) is 1. The standard InChI is InChI=1S/C15H28N2O/c1-18-15(8-4-9-15)13-17-11-5-10-16-14(12-17)6-2-3-7-14/h16H,2-13H2,1H3. The van der Waals surface area contributed by atoms with Crippen molar-refractivity contribution in [1.29, 1.82) is 0 Å². The fourth-order valence-corrected chi connectivity index (χ4v) is 4.15.